The molecular weight excluding hydrogens is 370 g/mol. The topological polar surface area (TPSA) is 37.4 Å². The molecule has 4 heteroatoms. The molecule has 0 saturated heterocycles. The van der Waals surface area contributed by atoms with Crippen LogP contribution in [0.1, 0.15) is 65.2 Å². The minimum atomic E-state index is 0. The maximum absolute atomic E-state index is 13.0. The van der Waals surface area contributed by atoms with E-state index in [2.05, 4.69) is 24.8 Å². The zero-order valence-electron chi connectivity index (χ0n) is 17.9. The molecule has 0 N–H and O–H groups in total. The molecule has 4 aliphatic rings. The Labute approximate surface area is 176 Å². The van der Waals surface area contributed by atoms with E-state index >= 15 is 0 Å². The molecule has 2 fully saturated rings. The predicted molar refractivity (Wildman–Crippen MR) is 116 cm³/mol. The highest BCUT2D eigenvalue weighted by atomic mass is 35.5. The van der Waals surface area contributed by atoms with Crippen molar-refractivity contribution in [1.82, 2.24) is 4.90 Å². The average molecular weight is 406 g/mol. The molecule has 4 rings (SSSR count). The third-order valence-corrected chi connectivity index (χ3v) is 8.63. The van der Waals surface area contributed by atoms with E-state index in [0.717, 1.165) is 44.2 Å². The molecule has 28 heavy (non-hydrogen) atoms. The number of carbonyl (C=O) groups is 2. The van der Waals surface area contributed by atoms with Gasteiger partial charge in [0.05, 0.1) is 0 Å². The van der Waals surface area contributed by atoms with Crippen LogP contribution in [0.4, 0.5) is 0 Å². The van der Waals surface area contributed by atoms with Gasteiger partial charge < -0.3 is 4.90 Å². The Morgan fingerprint density at radius 2 is 1.86 bits per heavy atom. The lowest BCUT2D eigenvalue weighted by molar-refractivity contribution is -0.119. The van der Waals surface area contributed by atoms with Crippen molar-refractivity contribution in [3.05, 3.63) is 23.3 Å². The summed E-state index contributed by atoms with van der Waals surface area (Å²) in [6.45, 7) is 5.64. The van der Waals surface area contributed by atoms with Gasteiger partial charge in [0.15, 0.2) is 11.6 Å². The van der Waals surface area contributed by atoms with E-state index in [4.69, 9.17) is 0 Å². The Hall–Kier alpha value is -0.930. The van der Waals surface area contributed by atoms with Gasteiger partial charge in [-0.05, 0) is 92.9 Å². The summed E-state index contributed by atoms with van der Waals surface area (Å²) < 4.78 is 0. The number of halogens is 1. The van der Waals surface area contributed by atoms with Crippen LogP contribution in [0, 0.1) is 28.6 Å². The number of hydrogen-bond donors (Lipinski definition) is 0. The van der Waals surface area contributed by atoms with Gasteiger partial charge in [-0.2, -0.15) is 0 Å². The molecule has 5 atom stereocenters. The smallest absolute Gasteiger partial charge is 0.160 e. The SMILES string of the molecule is CN(C)CCC(=O)C1=CCC2C3CCC4=CC(=O)CCC4(C)C3CCC12C.Cl. The molecular formula is C24H36ClNO2. The van der Waals surface area contributed by atoms with Gasteiger partial charge in [0.1, 0.15) is 0 Å². The van der Waals surface area contributed by atoms with Gasteiger partial charge in [-0.3, -0.25) is 9.59 Å². The fourth-order valence-corrected chi connectivity index (χ4v) is 7.02. The molecule has 0 aliphatic heterocycles. The van der Waals surface area contributed by atoms with Crippen LogP contribution < -0.4 is 0 Å². The maximum atomic E-state index is 13.0. The molecule has 0 heterocycles. The van der Waals surface area contributed by atoms with Gasteiger partial charge in [0.25, 0.3) is 0 Å². The maximum Gasteiger partial charge on any atom is 0.160 e. The van der Waals surface area contributed by atoms with Gasteiger partial charge >= 0.3 is 0 Å². The molecule has 0 radical (unpaired) electrons. The minimum Gasteiger partial charge on any atom is -0.309 e. The van der Waals surface area contributed by atoms with E-state index < -0.39 is 0 Å². The van der Waals surface area contributed by atoms with E-state index in [9.17, 15) is 9.59 Å². The van der Waals surface area contributed by atoms with Crippen LogP contribution in [0.2, 0.25) is 0 Å². The normalized spacial score (nSPS) is 39.3. The minimum absolute atomic E-state index is 0. The highest BCUT2D eigenvalue weighted by Crippen LogP contribution is 2.65. The first kappa shape index (κ1) is 21.8. The molecule has 156 valence electrons. The Morgan fingerprint density at radius 1 is 1.11 bits per heavy atom. The van der Waals surface area contributed by atoms with E-state index in [-0.39, 0.29) is 23.2 Å². The summed E-state index contributed by atoms with van der Waals surface area (Å²) in [5, 5.41) is 0. The molecule has 0 spiro atoms. The summed E-state index contributed by atoms with van der Waals surface area (Å²) in [5.74, 6) is 2.71. The average Bonchev–Trinajstić information content (AvgIpc) is 2.97. The van der Waals surface area contributed by atoms with Crippen molar-refractivity contribution in [2.24, 2.45) is 28.6 Å². The summed E-state index contributed by atoms with van der Waals surface area (Å²) >= 11 is 0. The van der Waals surface area contributed by atoms with Crippen molar-refractivity contribution in [2.45, 2.75) is 65.2 Å². The zero-order valence-corrected chi connectivity index (χ0v) is 18.7. The fourth-order valence-electron chi connectivity index (χ4n) is 7.02. The first-order valence-electron chi connectivity index (χ1n) is 10.9. The number of Topliss-reactive ketones (excluding diaryl/α,β-unsaturated/α-hetero) is 1. The van der Waals surface area contributed by atoms with Crippen molar-refractivity contribution < 1.29 is 9.59 Å². The van der Waals surface area contributed by atoms with E-state index in [0.29, 0.717) is 35.7 Å². The monoisotopic (exact) mass is 405 g/mol. The van der Waals surface area contributed by atoms with Crippen LogP contribution in [0.3, 0.4) is 0 Å². The zero-order chi connectivity index (χ0) is 19.4. The van der Waals surface area contributed by atoms with E-state index in [1.54, 1.807) is 0 Å². The van der Waals surface area contributed by atoms with E-state index in [1.165, 1.54) is 18.4 Å². The summed E-state index contributed by atoms with van der Waals surface area (Å²) in [6, 6.07) is 0. The van der Waals surface area contributed by atoms with Crippen molar-refractivity contribution in [2.75, 3.05) is 20.6 Å². The summed E-state index contributed by atoms with van der Waals surface area (Å²) in [6.07, 6.45) is 12.4. The second-order valence-corrected chi connectivity index (χ2v) is 10.3. The molecule has 2 saturated carbocycles. The van der Waals surface area contributed by atoms with Gasteiger partial charge in [-0.1, -0.05) is 25.5 Å². The predicted octanol–water partition coefficient (Wildman–Crippen LogP) is 5.00. The highest BCUT2D eigenvalue weighted by Gasteiger charge is 2.57. The largest absolute Gasteiger partial charge is 0.309 e. The quantitative estimate of drug-likeness (QED) is 0.660. The summed E-state index contributed by atoms with van der Waals surface area (Å²) in [4.78, 5) is 27.0. The second kappa shape index (κ2) is 7.72. The van der Waals surface area contributed by atoms with Gasteiger partial charge in [0.2, 0.25) is 0 Å². The molecule has 0 bridgehead atoms. The highest BCUT2D eigenvalue weighted by molar-refractivity contribution is 5.97. The standard InChI is InChI=1S/C24H35NO2.ClH/c1-23-12-9-17(26)15-16(23)5-6-18-19-7-8-21(22(27)11-14-25(3)4)24(19,2)13-10-20(18)23;/h8,15,18-20H,5-7,9-14H2,1-4H3;1H. The number of nitrogens with zero attached hydrogens (tertiary/aromatic N) is 1. The Morgan fingerprint density at radius 3 is 2.57 bits per heavy atom. The Bertz CT molecular complexity index is 724. The third kappa shape index (κ3) is 3.33. The lowest BCUT2D eigenvalue weighted by Crippen LogP contribution is -2.50. The molecule has 4 aliphatic carbocycles. The van der Waals surface area contributed by atoms with Gasteiger partial charge in [-0.25, -0.2) is 0 Å². The number of allylic oxidation sites excluding steroid dienone is 4. The van der Waals surface area contributed by atoms with Gasteiger partial charge in [0, 0.05) is 19.4 Å². The second-order valence-electron chi connectivity index (χ2n) is 10.3. The fraction of sp³-hybridized carbons (Fsp3) is 0.750. The summed E-state index contributed by atoms with van der Waals surface area (Å²) in [5.41, 5.74) is 2.86. The number of ketones is 2. The molecule has 5 unspecified atom stereocenters. The summed E-state index contributed by atoms with van der Waals surface area (Å²) in [7, 11) is 4.07. The van der Waals surface area contributed by atoms with Crippen LogP contribution in [-0.2, 0) is 9.59 Å². The van der Waals surface area contributed by atoms with Crippen molar-refractivity contribution in [1.29, 1.82) is 0 Å². The van der Waals surface area contributed by atoms with Crippen molar-refractivity contribution in [3.63, 3.8) is 0 Å². The molecule has 3 nitrogen and oxygen atoms in total. The molecule has 0 aromatic carbocycles. The third-order valence-electron chi connectivity index (χ3n) is 8.63. The molecule has 0 aromatic rings. The van der Waals surface area contributed by atoms with Crippen molar-refractivity contribution >= 4 is 24.0 Å². The van der Waals surface area contributed by atoms with Crippen LogP contribution in [-0.4, -0.2) is 37.1 Å². The number of fused-ring (bicyclic) bond motifs is 5. The number of carbonyl (C=O) groups excluding carboxylic acids is 2. The molecule has 0 amide bonds. The lowest BCUT2D eigenvalue weighted by atomic mass is 9.47. The first-order chi connectivity index (χ1) is 12.8. The van der Waals surface area contributed by atoms with Gasteiger partial charge in [-0.15, -0.1) is 12.4 Å². The Balaban J connectivity index is 0.00000225. The number of hydrogen-bond acceptors (Lipinski definition) is 3. The first-order valence-corrected chi connectivity index (χ1v) is 10.9. The lowest BCUT2D eigenvalue weighted by Gasteiger charge is -2.57. The number of rotatable bonds is 4. The Kier molecular flexibility index (Phi) is 6.00. The van der Waals surface area contributed by atoms with Crippen LogP contribution in [0.25, 0.3) is 0 Å². The van der Waals surface area contributed by atoms with Crippen LogP contribution in [0.15, 0.2) is 23.3 Å². The molecule has 0 aromatic heterocycles. The van der Waals surface area contributed by atoms with E-state index in [1.807, 2.05) is 20.2 Å². The van der Waals surface area contributed by atoms with Crippen LogP contribution in [0.5, 0.6) is 0 Å². The van der Waals surface area contributed by atoms with Crippen molar-refractivity contribution in [3.8, 4) is 0 Å². The van der Waals surface area contributed by atoms with Crippen LogP contribution >= 0.6 is 12.4 Å².